The lowest BCUT2D eigenvalue weighted by atomic mass is 9.90. The third kappa shape index (κ3) is 3.49. The van der Waals surface area contributed by atoms with Crippen LogP contribution in [0, 0.1) is 0 Å². The van der Waals surface area contributed by atoms with Gasteiger partial charge in [0.15, 0.2) is 0 Å². The molecule has 0 aliphatic carbocycles. The Bertz CT molecular complexity index is 1220. The summed E-state index contributed by atoms with van der Waals surface area (Å²) >= 11 is 0. The first kappa shape index (κ1) is 18.2. The van der Waals surface area contributed by atoms with Crippen LogP contribution in [0.5, 0.6) is 0 Å². The molecule has 5 rings (SSSR count). The maximum absolute atomic E-state index is 2.42. The summed E-state index contributed by atoms with van der Waals surface area (Å²) in [6.07, 6.45) is 7.76. The van der Waals surface area contributed by atoms with Gasteiger partial charge in [0.1, 0.15) is 0 Å². The van der Waals surface area contributed by atoms with Gasteiger partial charge in [-0.05, 0) is 91.8 Å². The van der Waals surface area contributed by atoms with Crippen LogP contribution >= 0.6 is 0 Å². The molecule has 0 fully saturated rings. The fourth-order valence-electron chi connectivity index (χ4n) is 4.76. The molecule has 0 saturated carbocycles. The van der Waals surface area contributed by atoms with Gasteiger partial charge in [0, 0.05) is 0 Å². The van der Waals surface area contributed by atoms with Crippen molar-refractivity contribution in [3.63, 3.8) is 0 Å². The Labute approximate surface area is 173 Å². The molecule has 0 N–H and O–H groups in total. The van der Waals surface area contributed by atoms with Crippen molar-refractivity contribution in [3.05, 3.63) is 84.4 Å². The molecule has 0 unspecified atom stereocenters. The predicted octanol–water partition coefficient (Wildman–Crippen LogP) is 8.81. The van der Waals surface area contributed by atoms with Gasteiger partial charge in [0.25, 0.3) is 0 Å². The third-order valence-electron chi connectivity index (χ3n) is 6.33. The normalized spacial score (nSPS) is 11.8. The minimum absolute atomic E-state index is 1.16. The van der Waals surface area contributed by atoms with Crippen LogP contribution in [0.2, 0.25) is 0 Å². The molecule has 0 aliphatic rings. The maximum atomic E-state index is 2.42. The van der Waals surface area contributed by atoms with Crippen LogP contribution in [0.4, 0.5) is 0 Å². The van der Waals surface area contributed by atoms with Gasteiger partial charge in [0.05, 0.1) is 0 Å². The topological polar surface area (TPSA) is 0 Å². The molecule has 0 spiro atoms. The molecule has 0 radical (unpaired) electrons. The van der Waals surface area contributed by atoms with Gasteiger partial charge in [-0.3, -0.25) is 0 Å². The molecule has 5 aromatic rings. The largest absolute Gasteiger partial charge is 0.0654 e. The molecule has 0 aliphatic heterocycles. The van der Waals surface area contributed by atoms with Gasteiger partial charge in [0.2, 0.25) is 0 Å². The number of aryl methyl sites for hydroxylation is 1. The van der Waals surface area contributed by atoms with Crippen LogP contribution in [0.15, 0.2) is 78.9 Å². The molecule has 0 heteroatoms. The Hall–Kier alpha value is -2.86. The average Bonchev–Trinajstić information content (AvgIpc) is 2.76. The summed E-state index contributed by atoms with van der Waals surface area (Å²) < 4.78 is 0. The van der Waals surface area contributed by atoms with Crippen molar-refractivity contribution < 1.29 is 0 Å². The summed E-state index contributed by atoms with van der Waals surface area (Å²) in [6, 6.07) is 29.5. The molecule has 29 heavy (non-hydrogen) atoms. The lowest BCUT2D eigenvalue weighted by Gasteiger charge is -2.14. The molecule has 0 aromatic heterocycles. The summed E-state index contributed by atoms with van der Waals surface area (Å²) in [6.45, 7) is 2.29. The van der Waals surface area contributed by atoms with Crippen LogP contribution in [-0.4, -0.2) is 0 Å². The first-order valence-electron chi connectivity index (χ1n) is 11.1. The monoisotopic (exact) mass is 376 g/mol. The first-order chi connectivity index (χ1) is 14.3. The predicted molar refractivity (Wildman–Crippen MR) is 129 cm³/mol. The van der Waals surface area contributed by atoms with E-state index in [0.717, 1.165) is 6.42 Å². The van der Waals surface area contributed by atoms with Crippen molar-refractivity contribution in [2.75, 3.05) is 0 Å². The van der Waals surface area contributed by atoms with Crippen LogP contribution in [0.25, 0.3) is 43.1 Å². The van der Waals surface area contributed by atoms with E-state index in [0.29, 0.717) is 0 Å². The van der Waals surface area contributed by atoms with E-state index in [1.807, 2.05) is 0 Å². The number of rotatable bonds is 6. The van der Waals surface area contributed by atoms with E-state index in [-0.39, 0.29) is 0 Å². The zero-order chi connectivity index (χ0) is 19.6. The number of unbranched alkanes of at least 4 members (excludes halogenated alkanes) is 4. The number of benzene rings is 5. The molecule has 0 bridgehead atoms. The Balaban J connectivity index is 1.73. The van der Waals surface area contributed by atoms with Gasteiger partial charge in [-0.1, -0.05) is 81.1 Å². The van der Waals surface area contributed by atoms with Crippen molar-refractivity contribution in [2.24, 2.45) is 0 Å². The second kappa shape index (κ2) is 7.87. The molecular weight excluding hydrogens is 348 g/mol. The van der Waals surface area contributed by atoms with Crippen LogP contribution in [-0.2, 0) is 6.42 Å². The Kier molecular flexibility index (Phi) is 4.94. The SMILES string of the molecule is CCCCCCCc1c2cc3ccccc3cc2cc2cc3ccccc3cc12. The standard InChI is InChI=1S/C29H28/c1-2-3-4-5-6-15-27-28-19-23-13-9-7-11-21(23)16-25(28)18-26-17-22-12-8-10-14-24(22)20-29(26)27/h7-14,16-20H,2-6,15H2,1H3. The van der Waals surface area contributed by atoms with Gasteiger partial charge >= 0.3 is 0 Å². The highest BCUT2D eigenvalue weighted by Gasteiger charge is 2.10. The highest BCUT2D eigenvalue weighted by atomic mass is 14.1. The second-order valence-corrected chi connectivity index (χ2v) is 8.36. The van der Waals surface area contributed by atoms with Gasteiger partial charge in [-0.25, -0.2) is 0 Å². The molecule has 0 nitrogen and oxygen atoms in total. The summed E-state index contributed by atoms with van der Waals surface area (Å²) in [5, 5.41) is 10.9. The Morgan fingerprint density at radius 3 is 1.45 bits per heavy atom. The number of hydrogen-bond acceptors (Lipinski definition) is 0. The number of fused-ring (bicyclic) bond motifs is 4. The van der Waals surface area contributed by atoms with Crippen molar-refractivity contribution in [1.82, 2.24) is 0 Å². The maximum Gasteiger partial charge on any atom is -0.0139 e. The molecule has 5 aromatic carbocycles. The highest BCUT2D eigenvalue weighted by molar-refractivity contribution is 6.10. The fourth-order valence-corrected chi connectivity index (χ4v) is 4.76. The molecular formula is C29H28. The Morgan fingerprint density at radius 2 is 0.931 bits per heavy atom. The van der Waals surface area contributed by atoms with Crippen LogP contribution < -0.4 is 0 Å². The number of hydrogen-bond donors (Lipinski definition) is 0. The summed E-state index contributed by atoms with van der Waals surface area (Å²) in [7, 11) is 0. The molecule has 0 amide bonds. The van der Waals surface area contributed by atoms with Gasteiger partial charge in [-0.2, -0.15) is 0 Å². The van der Waals surface area contributed by atoms with E-state index in [1.165, 1.54) is 80.8 Å². The fraction of sp³-hybridized carbons (Fsp3) is 0.241. The van der Waals surface area contributed by atoms with Crippen molar-refractivity contribution in [3.8, 4) is 0 Å². The van der Waals surface area contributed by atoms with Crippen molar-refractivity contribution >= 4 is 43.1 Å². The van der Waals surface area contributed by atoms with Gasteiger partial charge < -0.3 is 0 Å². The molecule has 0 saturated heterocycles. The Morgan fingerprint density at radius 1 is 0.483 bits per heavy atom. The van der Waals surface area contributed by atoms with E-state index in [1.54, 1.807) is 0 Å². The third-order valence-corrected chi connectivity index (χ3v) is 6.33. The van der Waals surface area contributed by atoms with Gasteiger partial charge in [-0.15, -0.1) is 0 Å². The summed E-state index contributed by atoms with van der Waals surface area (Å²) in [5.74, 6) is 0. The summed E-state index contributed by atoms with van der Waals surface area (Å²) in [4.78, 5) is 0. The van der Waals surface area contributed by atoms with Crippen molar-refractivity contribution in [2.45, 2.75) is 45.4 Å². The van der Waals surface area contributed by atoms with Crippen molar-refractivity contribution in [1.29, 1.82) is 0 Å². The summed E-state index contributed by atoms with van der Waals surface area (Å²) in [5.41, 5.74) is 1.53. The minimum Gasteiger partial charge on any atom is -0.0654 e. The lowest BCUT2D eigenvalue weighted by molar-refractivity contribution is 0.634. The molecule has 0 heterocycles. The minimum atomic E-state index is 1.16. The van der Waals surface area contributed by atoms with Crippen LogP contribution in [0.1, 0.15) is 44.6 Å². The van der Waals surface area contributed by atoms with Crippen LogP contribution in [0.3, 0.4) is 0 Å². The quantitative estimate of drug-likeness (QED) is 0.205. The average molecular weight is 377 g/mol. The first-order valence-corrected chi connectivity index (χ1v) is 11.1. The van der Waals surface area contributed by atoms with E-state index in [4.69, 9.17) is 0 Å². The van der Waals surface area contributed by atoms with E-state index in [9.17, 15) is 0 Å². The molecule has 0 atom stereocenters. The van der Waals surface area contributed by atoms with E-state index in [2.05, 4.69) is 85.8 Å². The second-order valence-electron chi connectivity index (χ2n) is 8.36. The highest BCUT2D eigenvalue weighted by Crippen LogP contribution is 2.35. The molecule has 144 valence electrons. The lowest BCUT2D eigenvalue weighted by Crippen LogP contribution is -1.92. The zero-order valence-corrected chi connectivity index (χ0v) is 17.2. The van der Waals surface area contributed by atoms with E-state index < -0.39 is 0 Å². The zero-order valence-electron chi connectivity index (χ0n) is 17.2. The smallest absolute Gasteiger partial charge is 0.0139 e. The van der Waals surface area contributed by atoms with E-state index >= 15 is 0 Å².